The molecular weight excluding hydrogens is 693 g/mol. The lowest BCUT2D eigenvalue weighted by Gasteiger charge is -2.26. The molecule has 1 atom stereocenters. The average Bonchev–Trinajstić information content (AvgIpc) is 3.91. The fourth-order valence-corrected chi connectivity index (χ4v) is 8.48. The molecule has 55 heavy (non-hydrogen) atoms. The summed E-state index contributed by atoms with van der Waals surface area (Å²) in [5, 5.41) is 2.28. The SMILES string of the molecule is C1=C(c2ccc(N(c3cccc(-c4ccccc4)c3)c3ccc4oc5ccccc5c4c3)cc2)SC(c2nc(-c3ccccc3)nc(-c3ccccc3)n2)C1. The molecule has 0 N–H and O–H groups in total. The van der Waals surface area contributed by atoms with E-state index in [-0.39, 0.29) is 5.25 Å². The Kier molecular flexibility index (Phi) is 8.50. The lowest BCUT2D eigenvalue weighted by Crippen LogP contribution is -2.10. The molecule has 1 aliphatic rings. The van der Waals surface area contributed by atoms with Crippen molar-refractivity contribution < 1.29 is 4.42 Å². The molecule has 262 valence electrons. The van der Waals surface area contributed by atoms with E-state index in [1.54, 1.807) is 0 Å². The predicted molar refractivity (Wildman–Crippen MR) is 227 cm³/mol. The summed E-state index contributed by atoms with van der Waals surface area (Å²) in [5.74, 6) is 2.19. The highest BCUT2D eigenvalue weighted by molar-refractivity contribution is 8.08. The molecule has 0 saturated heterocycles. The standard InChI is InChI=1S/C49H34N4OS/c1-4-13-33(14-5-1)37-19-12-20-39(31-37)53(40-27-28-44-42(32-40)41-21-10-11-22-43(41)54-44)38-25-23-34(24-26-38)45-29-30-46(55-45)49-51-47(35-15-6-2-7-16-35)50-48(52-49)36-17-8-3-9-18-36/h1-29,31-32,46H,30H2. The minimum Gasteiger partial charge on any atom is -0.456 e. The number of anilines is 3. The Balaban J connectivity index is 0.988. The second-order valence-electron chi connectivity index (χ2n) is 13.6. The number of para-hydroxylation sites is 1. The molecule has 0 amide bonds. The number of rotatable bonds is 8. The van der Waals surface area contributed by atoms with Crippen LogP contribution < -0.4 is 4.90 Å². The maximum absolute atomic E-state index is 6.21. The number of aromatic nitrogens is 3. The monoisotopic (exact) mass is 726 g/mol. The number of furan rings is 1. The Labute approximate surface area is 323 Å². The van der Waals surface area contributed by atoms with E-state index in [2.05, 4.69) is 144 Å². The summed E-state index contributed by atoms with van der Waals surface area (Å²) in [6, 6.07) is 63.2. The molecule has 0 spiro atoms. The van der Waals surface area contributed by atoms with E-state index >= 15 is 0 Å². The van der Waals surface area contributed by atoms with Gasteiger partial charge in [0, 0.05) is 43.9 Å². The van der Waals surface area contributed by atoms with Crippen molar-refractivity contribution >= 4 is 55.7 Å². The molecule has 7 aromatic carbocycles. The first-order valence-electron chi connectivity index (χ1n) is 18.4. The van der Waals surface area contributed by atoms with Crippen molar-refractivity contribution in [2.45, 2.75) is 11.7 Å². The number of benzene rings is 7. The summed E-state index contributed by atoms with van der Waals surface area (Å²) in [4.78, 5) is 18.5. The zero-order valence-corrected chi connectivity index (χ0v) is 30.6. The number of fused-ring (bicyclic) bond motifs is 3. The Bertz CT molecular complexity index is 2760. The lowest BCUT2D eigenvalue weighted by molar-refractivity contribution is 0.669. The van der Waals surface area contributed by atoms with Crippen LogP contribution in [0, 0.1) is 0 Å². The highest BCUT2D eigenvalue weighted by atomic mass is 32.2. The molecule has 3 heterocycles. The van der Waals surface area contributed by atoms with Crippen molar-refractivity contribution in [1.82, 2.24) is 15.0 Å². The molecule has 0 saturated carbocycles. The topological polar surface area (TPSA) is 55.1 Å². The Morgan fingerprint density at radius 1 is 0.455 bits per heavy atom. The van der Waals surface area contributed by atoms with Gasteiger partial charge >= 0.3 is 0 Å². The van der Waals surface area contributed by atoms with Crippen LogP contribution in [0.1, 0.15) is 23.1 Å². The Hall–Kier alpha value is -6.76. The third-order valence-corrected chi connectivity index (χ3v) is 11.4. The predicted octanol–water partition coefficient (Wildman–Crippen LogP) is 13.5. The summed E-state index contributed by atoms with van der Waals surface area (Å²) in [7, 11) is 0. The van der Waals surface area contributed by atoms with Crippen LogP contribution >= 0.6 is 11.8 Å². The van der Waals surface area contributed by atoms with Gasteiger partial charge in [-0.3, -0.25) is 0 Å². The number of hydrogen-bond acceptors (Lipinski definition) is 6. The van der Waals surface area contributed by atoms with Crippen LogP contribution in [0.3, 0.4) is 0 Å². The quantitative estimate of drug-likeness (QED) is 0.155. The van der Waals surface area contributed by atoms with Crippen LogP contribution in [-0.4, -0.2) is 15.0 Å². The first-order chi connectivity index (χ1) is 27.2. The van der Waals surface area contributed by atoms with E-state index in [0.29, 0.717) is 11.6 Å². The third kappa shape index (κ3) is 6.47. The van der Waals surface area contributed by atoms with Crippen LogP contribution in [0.5, 0.6) is 0 Å². The zero-order valence-electron chi connectivity index (χ0n) is 29.8. The summed E-state index contributed by atoms with van der Waals surface area (Å²) < 4.78 is 6.21. The second kappa shape index (κ2) is 14.2. The molecule has 0 radical (unpaired) electrons. The molecule has 1 aliphatic heterocycles. The largest absolute Gasteiger partial charge is 0.456 e. The fourth-order valence-electron chi connectivity index (χ4n) is 7.31. The minimum atomic E-state index is 0.0799. The molecule has 10 rings (SSSR count). The first-order valence-corrected chi connectivity index (χ1v) is 19.3. The Morgan fingerprint density at radius 2 is 1.04 bits per heavy atom. The van der Waals surface area contributed by atoms with Crippen molar-refractivity contribution in [2.75, 3.05) is 4.90 Å². The van der Waals surface area contributed by atoms with Crippen molar-refractivity contribution in [2.24, 2.45) is 0 Å². The van der Waals surface area contributed by atoms with E-state index < -0.39 is 0 Å². The van der Waals surface area contributed by atoms with Crippen molar-refractivity contribution in [3.63, 3.8) is 0 Å². The molecule has 6 heteroatoms. The van der Waals surface area contributed by atoms with Gasteiger partial charge in [0.05, 0.1) is 5.25 Å². The van der Waals surface area contributed by atoms with Gasteiger partial charge in [0.25, 0.3) is 0 Å². The van der Waals surface area contributed by atoms with Crippen molar-refractivity contribution in [3.05, 3.63) is 199 Å². The normalized spacial score (nSPS) is 14.0. The summed E-state index contributed by atoms with van der Waals surface area (Å²) in [5.41, 5.74) is 10.5. The highest BCUT2D eigenvalue weighted by Gasteiger charge is 2.26. The van der Waals surface area contributed by atoms with Crippen LogP contribution in [0.4, 0.5) is 17.1 Å². The van der Waals surface area contributed by atoms with Gasteiger partial charge < -0.3 is 9.32 Å². The van der Waals surface area contributed by atoms with Crippen LogP contribution in [-0.2, 0) is 0 Å². The van der Waals surface area contributed by atoms with E-state index in [1.165, 1.54) is 16.0 Å². The smallest absolute Gasteiger partial charge is 0.163 e. The van der Waals surface area contributed by atoms with Gasteiger partial charge in [-0.15, -0.1) is 11.8 Å². The van der Waals surface area contributed by atoms with E-state index in [4.69, 9.17) is 19.4 Å². The van der Waals surface area contributed by atoms with Crippen LogP contribution in [0.2, 0.25) is 0 Å². The van der Waals surface area contributed by atoms with Gasteiger partial charge in [0.15, 0.2) is 11.6 Å². The molecule has 9 aromatic rings. The number of hydrogen-bond donors (Lipinski definition) is 0. The maximum atomic E-state index is 6.21. The van der Waals surface area contributed by atoms with Gasteiger partial charge in [0.2, 0.25) is 0 Å². The van der Waals surface area contributed by atoms with Crippen LogP contribution in [0.15, 0.2) is 192 Å². The van der Waals surface area contributed by atoms with Gasteiger partial charge in [-0.2, -0.15) is 0 Å². The van der Waals surface area contributed by atoms with Gasteiger partial charge in [0.1, 0.15) is 17.0 Å². The van der Waals surface area contributed by atoms with Gasteiger partial charge in [-0.25, -0.2) is 15.0 Å². The first kappa shape index (κ1) is 32.9. The molecule has 5 nitrogen and oxygen atoms in total. The molecule has 0 aliphatic carbocycles. The van der Waals surface area contributed by atoms with Crippen molar-refractivity contribution in [3.8, 4) is 33.9 Å². The number of allylic oxidation sites excluding steroid dienone is 1. The minimum absolute atomic E-state index is 0.0799. The second-order valence-corrected chi connectivity index (χ2v) is 14.8. The highest BCUT2D eigenvalue weighted by Crippen LogP contribution is 2.48. The lowest BCUT2D eigenvalue weighted by atomic mass is 10.0. The summed E-state index contributed by atoms with van der Waals surface area (Å²) in [6.45, 7) is 0. The molecule has 1 unspecified atom stereocenters. The number of thioether (sulfide) groups is 1. The Morgan fingerprint density at radius 3 is 1.75 bits per heavy atom. The molecule has 0 bridgehead atoms. The number of nitrogens with zero attached hydrogens (tertiary/aromatic N) is 4. The molecule has 2 aromatic heterocycles. The van der Waals surface area contributed by atoms with Crippen LogP contribution in [0.25, 0.3) is 60.7 Å². The van der Waals surface area contributed by atoms with Gasteiger partial charge in [-0.05, 0) is 71.6 Å². The molecular formula is C49H34N4OS. The van der Waals surface area contributed by atoms with E-state index in [0.717, 1.165) is 67.9 Å². The van der Waals surface area contributed by atoms with E-state index in [9.17, 15) is 0 Å². The summed E-state index contributed by atoms with van der Waals surface area (Å²) >= 11 is 1.82. The zero-order chi connectivity index (χ0) is 36.6. The fraction of sp³-hybridized carbons (Fsp3) is 0.0408. The maximum Gasteiger partial charge on any atom is 0.163 e. The molecule has 0 fully saturated rings. The van der Waals surface area contributed by atoms with Crippen molar-refractivity contribution in [1.29, 1.82) is 0 Å². The summed E-state index contributed by atoms with van der Waals surface area (Å²) in [6.07, 6.45) is 3.16. The van der Waals surface area contributed by atoms with Gasteiger partial charge in [-0.1, -0.05) is 140 Å². The average molecular weight is 727 g/mol. The van der Waals surface area contributed by atoms with E-state index in [1.807, 2.05) is 60.3 Å². The third-order valence-electron chi connectivity index (χ3n) is 10.0.